The van der Waals surface area contributed by atoms with E-state index in [1.807, 2.05) is 20.8 Å². The zero-order valence-electron chi connectivity index (χ0n) is 12.7. The van der Waals surface area contributed by atoms with Crippen LogP contribution in [0.4, 0.5) is 14.6 Å². The van der Waals surface area contributed by atoms with Gasteiger partial charge in [-0.25, -0.2) is 18.7 Å². The van der Waals surface area contributed by atoms with Gasteiger partial charge in [0.1, 0.15) is 26.9 Å². The fourth-order valence-corrected chi connectivity index (χ4v) is 3.53. The number of aromatic nitrogens is 2. The highest BCUT2D eigenvalue weighted by molar-refractivity contribution is 7.22. The number of anilines is 1. The third-order valence-electron chi connectivity index (χ3n) is 3.05. The van der Waals surface area contributed by atoms with E-state index in [0.717, 1.165) is 17.5 Å². The van der Waals surface area contributed by atoms with E-state index in [4.69, 9.17) is 11.6 Å². The van der Waals surface area contributed by atoms with Gasteiger partial charge in [0, 0.05) is 5.54 Å². The van der Waals surface area contributed by atoms with Crippen molar-refractivity contribution in [2.75, 3.05) is 5.32 Å². The fourth-order valence-electron chi connectivity index (χ4n) is 2.14. The minimum absolute atomic E-state index is 0.158. The predicted molar refractivity (Wildman–Crippen MR) is 91.2 cm³/mol. The molecule has 0 fully saturated rings. The number of benzene rings is 1. The van der Waals surface area contributed by atoms with E-state index in [9.17, 15) is 8.78 Å². The molecule has 0 spiro atoms. The van der Waals surface area contributed by atoms with Gasteiger partial charge >= 0.3 is 0 Å². The molecule has 0 bridgehead atoms. The molecule has 0 saturated heterocycles. The standard InChI is InChI=1S/C16H14ClF2N3S/c1-16(2,3)22-14-13-12(10(19)7-20-14)21-15(23-13)11-8(17)5-4-6-9(11)18/h4-7H,1-3H3,(H,20,22). The molecule has 0 aliphatic heterocycles. The minimum Gasteiger partial charge on any atom is -0.364 e. The highest BCUT2D eigenvalue weighted by Crippen LogP contribution is 2.39. The zero-order chi connectivity index (χ0) is 16.8. The van der Waals surface area contributed by atoms with E-state index in [2.05, 4.69) is 15.3 Å². The molecule has 2 aromatic heterocycles. The summed E-state index contributed by atoms with van der Waals surface area (Å²) in [6.45, 7) is 5.92. The lowest BCUT2D eigenvalue weighted by Gasteiger charge is -2.21. The number of hydrogen-bond acceptors (Lipinski definition) is 4. The topological polar surface area (TPSA) is 37.8 Å². The van der Waals surface area contributed by atoms with Crippen molar-refractivity contribution in [3.05, 3.63) is 41.1 Å². The van der Waals surface area contributed by atoms with Crippen molar-refractivity contribution in [3.63, 3.8) is 0 Å². The molecule has 1 aromatic carbocycles. The molecule has 7 heteroatoms. The first-order chi connectivity index (χ1) is 10.8. The summed E-state index contributed by atoms with van der Waals surface area (Å²) in [5.74, 6) is -0.519. The number of thiazole rings is 1. The summed E-state index contributed by atoms with van der Waals surface area (Å²) in [5, 5.41) is 3.78. The molecule has 0 aliphatic carbocycles. The van der Waals surface area contributed by atoms with Crippen LogP contribution in [0.3, 0.4) is 0 Å². The lowest BCUT2D eigenvalue weighted by Crippen LogP contribution is -2.26. The SMILES string of the molecule is CC(C)(C)Nc1ncc(F)c2nc(-c3c(F)cccc3Cl)sc12. The summed E-state index contributed by atoms with van der Waals surface area (Å²) in [7, 11) is 0. The van der Waals surface area contributed by atoms with Crippen LogP contribution in [0.5, 0.6) is 0 Å². The minimum atomic E-state index is -0.547. The van der Waals surface area contributed by atoms with Gasteiger partial charge in [-0.2, -0.15) is 0 Å². The summed E-state index contributed by atoms with van der Waals surface area (Å²) < 4.78 is 28.7. The molecule has 0 saturated carbocycles. The molecule has 3 rings (SSSR count). The van der Waals surface area contributed by atoms with Gasteiger partial charge in [-0.15, -0.1) is 11.3 Å². The van der Waals surface area contributed by atoms with Crippen LogP contribution in [0.1, 0.15) is 20.8 Å². The monoisotopic (exact) mass is 353 g/mol. The quantitative estimate of drug-likeness (QED) is 0.661. The second-order valence-electron chi connectivity index (χ2n) is 6.12. The van der Waals surface area contributed by atoms with Crippen LogP contribution in [0.2, 0.25) is 5.02 Å². The van der Waals surface area contributed by atoms with Gasteiger partial charge < -0.3 is 5.32 Å². The van der Waals surface area contributed by atoms with Gasteiger partial charge in [0.15, 0.2) is 5.82 Å². The molecule has 1 N–H and O–H groups in total. The first-order valence-corrected chi connectivity index (χ1v) is 8.13. The van der Waals surface area contributed by atoms with Crippen LogP contribution < -0.4 is 5.32 Å². The van der Waals surface area contributed by atoms with Crippen molar-refractivity contribution >= 4 is 39.0 Å². The van der Waals surface area contributed by atoms with E-state index in [0.29, 0.717) is 15.5 Å². The Labute approximate surface area is 141 Å². The van der Waals surface area contributed by atoms with E-state index < -0.39 is 11.6 Å². The Hall–Kier alpha value is -1.79. The average Bonchev–Trinajstić information content (AvgIpc) is 2.86. The molecule has 120 valence electrons. The molecule has 0 radical (unpaired) electrons. The largest absolute Gasteiger partial charge is 0.364 e. The Morgan fingerprint density at radius 3 is 2.57 bits per heavy atom. The predicted octanol–water partition coefficient (Wildman–Crippen LogP) is 5.50. The summed E-state index contributed by atoms with van der Waals surface area (Å²) in [6, 6.07) is 4.40. The summed E-state index contributed by atoms with van der Waals surface area (Å²) in [4.78, 5) is 8.34. The van der Waals surface area contributed by atoms with Crippen molar-refractivity contribution < 1.29 is 8.78 Å². The smallest absolute Gasteiger partial charge is 0.168 e. The third-order valence-corrected chi connectivity index (χ3v) is 4.44. The molecular formula is C16H14ClF2N3S. The van der Waals surface area contributed by atoms with Crippen molar-refractivity contribution in [3.8, 4) is 10.6 Å². The van der Waals surface area contributed by atoms with Gasteiger partial charge in [-0.05, 0) is 32.9 Å². The third kappa shape index (κ3) is 3.14. The molecule has 23 heavy (non-hydrogen) atoms. The number of halogens is 3. The Morgan fingerprint density at radius 2 is 1.91 bits per heavy atom. The molecule has 0 atom stereocenters. The number of fused-ring (bicyclic) bond motifs is 1. The van der Waals surface area contributed by atoms with E-state index in [1.165, 1.54) is 12.1 Å². The van der Waals surface area contributed by atoms with E-state index in [1.54, 1.807) is 6.07 Å². The first-order valence-electron chi connectivity index (χ1n) is 6.94. The highest BCUT2D eigenvalue weighted by atomic mass is 35.5. The average molecular weight is 354 g/mol. The lowest BCUT2D eigenvalue weighted by molar-refractivity contribution is 0.621. The van der Waals surface area contributed by atoms with E-state index >= 15 is 0 Å². The number of hydrogen-bond donors (Lipinski definition) is 1. The summed E-state index contributed by atoms with van der Waals surface area (Å²) in [5.41, 5.74) is 0.0833. The molecule has 0 unspecified atom stereocenters. The van der Waals surface area contributed by atoms with Gasteiger partial charge in [-0.3, -0.25) is 0 Å². The maximum absolute atomic E-state index is 14.1. The maximum atomic E-state index is 14.1. The number of pyridine rings is 1. The molecule has 2 heterocycles. The van der Waals surface area contributed by atoms with Gasteiger partial charge in [-0.1, -0.05) is 17.7 Å². The normalized spacial score (nSPS) is 11.9. The highest BCUT2D eigenvalue weighted by Gasteiger charge is 2.20. The molecular weight excluding hydrogens is 340 g/mol. The van der Waals surface area contributed by atoms with Crippen LogP contribution in [-0.2, 0) is 0 Å². The summed E-state index contributed by atoms with van der Waals surface area (Å²) in [6.07, 6.45) is 1.11. The second-order valence-corrected chi connectivity index (χ2v) is 7.53. The first kappa shape index (κ1) is 16.1. The Morgan fingerprint density at radius 1 is 1.17 bits per heavy atom. The van der Waals surface area contributed by atoms with E-state index in [-0.39, 0.29) is 21.6 Å². The summed E-state index contributed by atoms with van der Waals surface area (Å²) >= 11 is 7.24. The Kier molecular flexibility index (Phi) is 3.98. The molecule has 3 nitrogen and oxygen atoms in total. The van der Waals surface area contributed by atoms with Crippen LogP contribution in [0.15, 0.2) is 24.4 Å². The molecule has 0 amide bonds. The van der Waals surface area contributed by atoms with Crippen LogP contribution in [0.25, 0.3) is 20.8 Å². The second kappa shape index (κ2) is 5.69. The van der Waals surface area contributed by atoms with Crippen LogP contribution in [-0.4, -0.2) is 15.5 Å². The maximum Gasteiger partial charge on any atom is 0.168 e. The van der Waals surface area contributed by atoms with Gasteiger partial charge in [0.25, 0.3) is 0 Å². The number of rotatable bonds is 2. The number of nitrogens with one attached hydrogen (secondary N) is 1. The lowest BCUT2D eigenvalue weighted by atomic mass is 10.1. The van der Waals surface area contributed by atoms with Crippen molar-refractivity contribution in [2.24, 2.45) is 0 Å². The van der Waals surface area contributed by atoms with Crippen molar-refractivity contribution in [1.82, 2.24) is 9.97 Å². The molecule has 0 aliphatic rings. The fraction of sp³-hybridized carbons (Fsp3) is 0.250. The number of nitrogens with zero attached hydrogens (tertiary/aromatic N) is 2. The van der Waals surface area contributed by atoms with Crippen molar-refractivity contribution in [1.29, 1.82) is 0 Å². The van der Waals surface area contributed by atoms with Gasteiger partial charge in [0.05, 0.1) is 16.8 Å². The molecule has 3 aromatic rings. The van der Waals surface area contributed by atoms with Crippen molar-refractivity contribution in [2.45, 2.75) is 26.3 Å². The zero-order valence-corrected chi connectivity index (χ0v) is 14.3. The Bertz CT molecular complexity index is 867. The van der Waals surface area contributed by atoms with Crippen LogP contribution in [0, 0.1) is 11.6 Å². The van der Waals surface area contributed by atoms with Gasteiger partial charge in [0.2, 0.25) is 0 Å². The van der Waals surface area contributed by atoms with Crippen LogP contribution >= 0.6 is 22.9 Å². The Balaban J connectivity index is 2.22.